The van der Waals surface area contributed by atoms with Crippen molar-refractivity contribution < 1.29 is 4.79 Å². The van der Waals surface area contributed by atoms with Crippen LogP contribution in [0, 0.1) is 6.92 Å². The van der Waals surface area contributed by atoms with E-state index in [1.54, 1.807) is 0 Å². The number of benzene rings is 1. The monoisotopic (exact) mass is 162 g/mol. The van der Waals surface area contributed by atoms with Crippen LogP contribution in [-0.2, 0) is 4.79 Å². The van der Waals surface area contributed by atoms with Gasteiger partial charge in [0, 0.05) is 0 Å². The van der Waals surface area contributed by atoms with Gasteiger partial charge in [-0.25, -0.2) is 0 Å². The molecule has 3 nitrogen and oxygen atoms in total. The van der Waals surface area contributed by atoms with Gasteiger partial charge in [-0.05, 0) is 18.6 Å². The summed E-state index contributed by atoms with van der Waals surface area (Å²) in [4.78, 5) is 11.0. The molecule has 62 valence electrons. The lowest BCUT2D eigenvalue weighted by Crippen LogP contribution is -2.27. The Labute approximate surface area is 70.8 Å². The Balaban J connectivity index is 2.48. The van der Waals surface area contributed by atoms with E-state index in [9.17, 15) is 4.79 Å². The topological polar surface area (TPSA) is 41.1 Å². The second-order valence-corrected chi connectivity index (χ2v) is 2.90. The van der Waals surface area contributed by atoms with Crippen LogP contribution >= 0.6 is 0 Å². The smallest absolute Gasteiger partial charge is 0.243 e. The Morgan fingerprint density at radius 2 is 2.25 bits per heavy atom. The quantitative estimate of drug-likeness (QED) is 0.604. The van der Waals surface area contributed by atoms with Crippen molar-refractivity contribution in [2.75, 3.05) is 17.2 Å². The summed E-state index contributed by atoms with van der Waals surface area (Å²) in [5.41, 5.74) is 3.08. The van der Waals surface area contributed by atoms with E-state index in [4.69, 9.17) is 0 Å². The number of hydrogen-bond acceptors (Lipinski definition) is 2. The summed E-state index contributed by atoms with van der Waals surface area (Å²) in [6, 6.07) is 5.84. The average molecular weight is 162 g/mol. The van der Waals surface area contributed by atoms with Crippen LogP contribution in [0.5, 0.6) is 0 Å². The van der Waals surface area contributed by atoms with Gasteiger partial charge < -0.3 is 10.6 Å². The highest BCUT2D eigenvalue weighted by Crippen LogP contribution is 2.27. The maximum atomic E-state index is 11.0. The lowest BCUT2D eigenvalue weighted by Gasteiger charge is -2.19. The molecule has 1 amide bonds. The van der Waals surface area contributed by atoms with Crippen molar-refractivity contribution in [2.24, 2.45) is 0 Å². The van der Waals surface area contributed by atoms with Gasteiger partial charge >= 0.3 is 0 Å². The van der Waals surface area contributed by atoms with Gasteiger partial charge in [0.25, 0.3) is 0 Å². The lowest BCUT2D eigenvalue weighted by molar-refractivity contribution is -0.114. The number of carbonyl (C=O) groups excluding carboxylic acids is 1. The molecule has 2 N–H and O–H groups in total. The van der Waals surface area contributed by atoms with Crippen LogP contribution in [-0.4, -0.2) is 12.5 Å². The van der Waals surface area contributed by atoms with Gasteiger partial charge in [-0.3, -0.25) is 4.79 Å². The fraction of sp³-hybridized carbons (Fsp3) is 0.222. The third kappa shape index (κ3) is 1.03. The van der Waals surface area contributed by atoms with Crippen LogP contribution < -0.4 is 10.6 Å². The van der Waals surface area contributed by atoms with E-state index in [-0.39, 0.29) is 5.91 Å². The van der Waals surface area contributed by atoms with Crippen LogP contribution in [0.4, 0.5) is 11.4 Å². The summed E-state index contributed by atoms with van der Waals surface area (Å²) < 4.78 is 0. The SMILES string of the molecule is Cc1cccc2c1NCC(=O)N2. The Hall–Kier alpha value is -1.51. The van der Waals surface area contributed by atoms with Crippen molar-refractivity contribution in [1.82, 2.24) is 0 Å². The van der Waals surface area contributed by atoms with E-state index in [0.29, 0.717) is 6.54 Å². The zero-order valence-electron chi connectivity index (χ0n) is 6.85. The first kappa shape index (κ1) is 7.16. The third-order valence-electron chi connectivity index (χ3n) is 1.97. The largest absolute Gasteiger partial charge is 0.374 e. The Morgan fingerprint density at radius 3 is 3.08 bits per heavy atom. The number of fused-ring (bicyclic) bond motifs is 1. The summed E-state index contributed by atoms with van der Waals surface area (Å²) in [6.07, 6.45) is 0. The molecule has 0 radical (unpaired) electrons. The van der Waals surface area contributed by atoms with Gasteiger partial charge in [-0.1, -0.05) is 12.1 Å². The highest BCUT2D eigenvalue weighted by molar-refractivity contribution is 6.01. The van der Waals surface area contributed by atoms with Crippen molar-refractivity contribution >= 4 is 17.3 Å². The van der Waals surface area contributed by atoms with E-state index in [1.807, 2.05) is 25.1 Å². The molecule has 1 aromatic carbocycles. The van der Waals surface area contributed by atoms with Crippen molar-refractivity contribution in [1.29, 1.82) is 0 Å². The first-order chi connectivity index (χ1) is 5.77. The van der Waals surface area contributed by atoms with Gasteiger partial charge in [0.15, 0.2) is 0 Å². The molecule has 0 aliphatic carbocycles. The zero-order valence-corrected chi connectivity index (χ0v) is 6.85. The van der Waals surface area contributed by atoms with Gasteiger partial charge in [0.1, 0.15) is 0 Å². The molecule has 12 heavy (non-hydrogen) atoms. The number of rotatable bonds is 0. The third-order valence-corrected chi connectivity index (χ3v) is 1.97. The first-order valence-electron chi connectivity index (χ1n) is 3.91. The van der Waals surface area contributed by atoms with E-state index in [1.165, 1.54) is 0 Å². The molecule has 1 aliphatic rings. The second-order valence-electron chi connectivity index (χ2n) is 2.90. The normalized spacial score (nSPS) is 14.6. The molecule has 0 atom stereocenters. The summed E-state index contributed by atoms with van der Waals surface area (Å²) in [6.45, 7) is 2.39. The predicted octanol–water partition coefficient (Wildman–Crippen LogP) is 1.36. The van der Waals surface area contributed by atoms with Crippen molar-refractivity contribution in [3.05, 3.63) is 23.8 Å². The van der Waals surface area contributed by atoms with Crippen LogP contribution in [0.25, 0.3) is 0 Å². The maximum absolute atomic E-state index is 11.0. The Bertz CT molecular complexity index is 333. The van der Waals surface area contributed by atoms with Gasteiger partial charge in [0.2, 0.25) is 5.91 Å². The highest BCUT2D eigenvalue weighted by atomic mass is 16.2. The number of hydrogen-bond donors (Lipinski definition) is 2. The van der Waals surface area contributed by atoms with E-state index in [0.717, 1.165) is 16.9 Å². The summed E-state index contributed by atoms with van der Waals surface area (Å²) in [5, 5.41) is 5.87. The summed E-state index contributed by atoms with van der Waals surface area (Å²) >= 11 is 0. The lowest BCUT2D eigenvalue weighted by atomic mass is 10.1. The molecule has 0 spiro atoms. The van der Waals surface area contributed by atoms with Crippen LogP contribution in [0.15, 0.2) is 18.2 Å². The van der Waals surface area contributed by atoms with Gasteiger partial charge in [0.05, 0.1) is 17.9 Å². The predicted molar refractivity (Wildman–Crippen MR) is 48.3 cm³/mol. The molecule has 1 aliphatic heterocycles. The van der Waals surface area contributed by atoms with Crippen molar-refractivity contribution in [2.45, 2.75) is 6.92 Å². The van der Waals surface area contributed by atoms with Crippen LogP contribution in [0.1, 0.15) is 5.56 Å². The molecular formula is C9H10N2O. The van der Waals surface area contributed by atoms with E-state index >= 15 is 0 Å². The molecule has 0 saturated carbocycles. The fourth-order valence-corrected chi connectivity index (χ4v) is 1.37. The number of para-hydroxylation sites is 1. The molecule has 0 fully saturated rings. The average Bonchev–Trinajstić information content (AvgIpc) is 2.04. The molecule has 3 heteroatoms. The number of aryl methyl sites for hydroxylation is 1. The standard InChI is InChI=1S/C9H10N2O/c1-6-3-2-4-7-9(6)10-5-8(12)11-7/h2-4,10H,5H2,1H3,(H,11,12). The molecule has 1 aromatic rings. The number of amides is 1. The molecule has 0 saturated heterocycles. The van der Waals surface area contributed by atoms with Gasteiger partial charge in [-0.2, -0.15) is 0 Å². The summed E-state index contributed by atoms with van der Waals surface area (Å²) in [7, 11) is 0. The van der Waals surface area contributed by atoms with E-state index < -0.39 is 0 Å². The fourth-order valence-electron chi connectivity index (χ4n) is 1.37. The minimum absolute atomic E-state index is 0.0214. The van der Waals surface area contributed by atoms with Crippen molar-refractivity contribution in [3.63, 3.8) is 0 Å². The Kier molecular flexibility index (Phi) is 1.50. The number of anilines is 2. The molecule has 2 rings (SSSR count). The number of nitrogens with one attached hydrogen (secondary N) is 2. The zero-order chi connectivity index (χ0) is 8.55. The maximum Gasteiger partial charge on any atom is 0.243 e. The summed E-state index contributed by atoms with van der Waals surface area (Å²) in [5.74, 6) is 0.0214. The minimum atomic E-state index is 0.0214. The second kappa shape index (κ2) is 2.52. The highest BCUT2D eigenvalue weighted by Gasteiger charge is 2.14. The molecule has 1 heterocycles. The minimum Gasteiger partial charge on any atom is -0.374 e. The van der Waals surface area contributed by atoms with Crippen molar-refractivity contribution in [3.8, 4) is 0 Å². The van der Waals surface area contributed by atoms with E-state index in [2.05, 4.69) is 10.6 Å². The Morgan fingerprint density at radius 1 is 1.42 bits per heavy atom. The molecule has 0 aromatic heterocycles. The molecular weight excluding hydrogens is 152 g/mol. The van der Waals surface area contributed by atoms with Crippen LogP contribution in [0.2, 0.25) is 0 Å². The van der Waals surface area contributed by atoms with Gasteiger partial charge in [-0.15, -0.1) is 0 Å². The molecule has 0 unspecified atom stereocenters. The first-order valence-corrected chi connectivity index (χ1v) is 3.91. The van der Waals surface area contributed by atoms with Crippen LogP contribution in [0.3, 0.4) is 0 Å². The molecule has 0 bridgehead atoms. The number of carbonyl (C=O) groups is 1.